The average Bonchev–Trinajstić information content (AvgIpc) is 3.36. The molecule has 4 aliphatic heterocycles. The Morgan fingerprint density at radius 2 is 1.91 bits per heavy atom. The van der Waals surface area contributed by atoms with Gasteiger partial charge in [0.25, 0.3) is 0 Å². The van der Waals surface area contributed by atoms with E-state index in [1.54, 1.807) is 0 Å². The van der Waals surface area contributed by atoms with Gasteiger partial charge in [-0.15, -0.1) is 0 Å². The fourth-order valence-corrected chi connectivity index (χ4v) is 5.52. The van der Waals surface area contributed by atoms with Gasteiger partial charge in [0.15, 0.2) is 0 Å². The molecule has 0 aromatic heterocycles. The van der Waals surface area contributed by atoms with Gasteiger partial charge in [0.05, 0.1) is 37.8 Å². The number of morpholine rings is 1. The van der Waals surface area contributed by atoms with E-state index in [-0.39, 0.29) is 29.9 Å². The molecule has 3 saturated heterocycles. The van der Waals surface area contributed by atoms with Crippen molar-refractivity contribution in [2.75, 3.05) is 70.5 Å². The minimum absolute atomic E-state index is 0.0700. The van der Waals surface area contributed by atoms with Crippen molar-refractivity contribution in [2.45, 2.75) is 31.4 Å². The molecule has 0 radical (unpaired) electrons. The molecule has 4 heterocycles. The van der Waals surface area contributed by atoms with E-state index in [9.17, 15) is 9.59 Å². The molecule has 2 amide bonds. The zero-order chi connectivity index (χ0) is 21.9. The molecule has 8 nitrogen and oxygen atoms in total. The smallest absolute Gasteiger partial charge is 0.236 e. The topological polar surface area (TPSA) is 74.4 Å². The lowest BCUT2D eigenvalue weighted by molar-refractivity contribution is -0.136. The van der Waals surface area contributed by atoms with E-state index in [4.69, 9.17) is 9.47 Å². The van der Waals surface area contributed by atoms with Gasteiger partial charge in [-0.05, 0) is 30.9 Å². The lowest BCUT2D eigenvalue weighted by Crippen LogP contribution is -2.62. The number of anilines is 1. The number of rotatable bonds is 5. The van der Waals surface area contributed by atoms with Crippen molar-refractivity contribution in [3.63, 3.8) is 0 Å². The van der Waals surface area contributed by atoms with Crippen LogP contribution < -0.4 is 10.2 Å². The number of nitrogens with zero attached hydrogens (tertiary/aromatic N) is 3. The molecular weight excluding hydrogens is 408 g/mol. The summed E-state index contributed by atoms with van der Waals surface area (Å²) in [6.07, 6.45) is 2.96. The summed E-state index contributed by atoms with van der Waals surface area (Å²) in [5.41, 5.74) is 2.47. The first-order valence-electron chi connectivity index (χ1n) is 12.0. The molecular formula is C24H34N4O4. The normalized spacial score (nSPS) is 28.2. The highest BCUT2D eigenvalue weighted by molar-refractivity contribution is 5.82. The fourth-order valence-electron chi connectivity index (χ4n) is 5.52. The summed E-state index contributed by atoms with van der Waals surface area (Å²) >= 11 is 0. The first-order chi connectivity index (χ1) is 15.7. The van der Waals surface area contributed by atoms with Crippen LogP contribution in [0.2, 0.25) is 0 Å². The molecule has 0 aliphatic carbocycles. The molecule has 0 bridgehead atoms. The minimum atomic E-state index is -0.132. The molecule has 174 valence electrons. The summed E-state index contributed by atoms with van der Waals surface area (Å²) < 4.78 is 11.1. The third-order valence-corrected chi connectivity index (χ3v) is 7.30. The molecule has 4 aliphatic rings. The maximum Gasteiger partial charge on any atom is 0.236 e. The van der Waals surface area contributed by atoms with Crippen LogP contribution in [-0.4, -0.2) is 99.4 Å². The highest BCUT2D eigenvalue weighted by Gasteiger charge is 2.42. The Morgan fingerprint density at radius 1 is 1.06 bits per heavy atom. The van der Waals surface area contributed by atoms with E-state index in [2.05, 4.69) is 39.4 Å². The molecule has 8 heteroatoms. The van der Waals surface area contributed by atoms with Gasteiger partial charge in [-0.3, -0.25) is 14.5 Å². The molecule has 0 saturated carbocycles. The zero-order valence-corrected chi connectivity index (χ0v) is 18.7. The van der Waals surface area contributed by atoms with Gasteiger partial charge in [-0.1, -0.05) is 18.2 Å². The Hall–Kier alpha value is -2.16. The number of nitrogens with one attached hydrogen (secondary N) is 1. The van der Waals surface area contributed by atoms with Crippen LogP contribution in [0.15, 0.2) is 24.3 Å². The lowest BCUT2D eigenvalue weighted by Gasteiger charge is -2.49. The van der Waals surface area contributed by atoms with Crippen LogP contribution in [0.1, 0.15) is 18.4 Å². The van der Waals surface area contributed by atoms with Crippen LogP contribution in [-0.2, 0) is 25.5 Å². The number of piperazine rings is 1. The minimum Gasteiger partial charge on any atom is -0.378 e. The van der Waals surface area contributed by atoms with Gasteiger partial charge in [0.2, 0.25) is 11.8 Å². The number of para-hydroxylation sites is 1. The number of hydrogen-bond acceptors (Lipinski definition) is 6. The van der Waals surface area contributed by atoms with E-state index in [1.807, 2.05) is 4.90 Å². The van der Waals surface area contributed by atoms with E-state index >= 15 is 0 Å². The second-order valence-corrected chi connectivity index (χ2v) is 9.31. The van der Waals surface area contributed by atoms with Crippen molar-refractivity contribution in [1.29, 1.82) is 0 Å². The van der Waals surface area contributed by atoms with Gasteiger partial charge >= 0.3 is 0 Å². The number of hydrogen-bond donors (Lipinski definition) is 1. The van der Waals surface area contributed by atoms with Gasteiger partial charge < -0.3 is 24.6 Å². The van der Waals surface area contributed by atoms with Crippen LogP contribution in [0.4, 0.5) is 5.69 Å². The standard InChI is InChI=1S/C24H34N4O4/c29-23(27-9-12-31-13-10-27)17-26-7-8-28-21-6-2-1-4-18(21)14-20(22(28)16-26)24(30)25-15-19-5-3-11-32-19/h1-2,4,6,19-20,22H,3,5,7-17H2,(H,25,30). The summed E-state index contributed by atoms with van der Waals surface area (Å²) in [5.74, 6) is 0.135. The summed E-state index contributed by atoms with van der Waals surface area (Å²) in [4.78, 5) is 32.6. The van der Waals surface area contributed by atoms with Crippen molar-refractivity contribution in [3.05, 3.63) is 29.8 Å². The number of ether oxygens (including phenoxy) is 2. The number of carbonyl (C=O) groups excluding carboxylic acids is 2. The van der Waals surface area contributed by atoms with Crippen LogP contribution in [0, 0.1) is 5.92 Å². The van der Waals surface area contributed by atoms with Crippen molar-refractivity contribution in [2.24, 2.45) is 5.92 Å². The molecule has 5 rings (SSSR count). The third-order valence-electron chi connectivity index (χ3n) is 7.30. The van der Waals surface area contributed by atoms with Crippen molar-refractivity contribution in [1.82, 2.24) is 15.1 Å². The SMILES string of the molecule is O=C(NCC1CCCO1)C1Cc2ccccc2N2CCN(CC(=O)N3CCOCC3)CC12. The van der Waals surface area contributed by atoms with Gasteiger partial charge in [0, 0.05) is 51.6 Å². The second-order valence-electron chi connectivity index (χ2n) is 9.31. The summed E-state index contributed by atoms with van der Waals surface area (Å²) in [7, 11) is 0. The highest BCUT2D eigenvalue weighted by atomic mass is 16.5. The van der Waals surface area contributed by atoms with E-state index in [0.717, 1.165) is 45.5 Å². The molecule has 3 unspecified atom stereocenters. The van der Waals surface area contributed by atoms with Crippen molar-refractivity contribution >= 4 is 17.5 Å². The first kappa shape index (κ1) is 21.7. The molecule has 3 fully saturated rings. The first-order valence-corrected chi connectivity index (χ1v) is 12.0. The zero-order valence-electron chi connectivity index (χ0n) is 18.7. The van der Waals surface area contributed by atoms with Crippen LogP contribution in [0.3, 0.4) is 0 Å². The monoisotopic (exact) mass is 442 g/mol. The third kappa shape index (κ3) is 4.63. The van der Waals surface area contributed by atoms with Crippen LogP contribution in [0.5, 0.6) is 0 Å². The lowest BCUT2D eigenvalue weighted by atomic mass is 9.83. The van der Waals surface area contributed by atoms with Crippen molar-refractivity contribution < 1.29 is 19.1 Å². The molecule has 1 aromatic carbocycles. The van der Waals surface area contributed by atoms with Crippen LogP contribution in [0.25, 0.3) is 0 Å². The molecule has 1 N–H and O–H groups in total. The number of benzene rings is 1. The van der Waals surface area contributed by atoms with Crippen LogP contribution >= 0.6 is 0 Å². The Bertz CT molecular complexity index is 822. The Labute approximate surface area is 189 Å². The number of amides is 2. The Balaban J connectivity index is 1.28. The van der Waals surface area contributed by atoms with E-state index in [0.29, 0.717) is 39.4 Å². The number of carbonyl (C=O) groups is 2. The van der Waals surface area contributed by atoms with Gasteiger partial charge in [0.1, 0.15) is 0 Å². The Morgan fingerprint density at radius 3 is 2.72 bits per heavy atom. The maximum atomic E-state index is 13.3. The molecule has 1 aromatic rings. The van der Waals surface area contributed by atoms with Gasteiger partial charge in [-0.25, -0.2) is 0 Å². The molecule has 32 heavy (non-hydrogen) atoms. The Kier molecular flexibility index (Phi) is 6.62. The second kappa shape index (κ2) is 9.77. The maximum absolute atomic E-state index is 13.3. The van der Waals surface area contributed by atoms with E-state index in [1.165, 1.54) is 11.3 Å². The highest BCUT2D eigenvalue weighted by Crippen LogP contribution is 2.36. The predicted molar refractivity (Wildman–Crippen MR) is 121 cm³/mol. The summed E-state index contributed by atoms with van der Waals surface area (Å²) in [6.45, 7) is 6.74. The van der Waals surface area contributed by atoms with Gasteiger partial charge in [-0.2, -0.15) is 0 Å². The number of fused-ring (bicyclic) bond motifs is 3. The van der Waals surface area contributed by atoms with E-state index < -0.39 is 0 Å². The van der Waals surface area contributed by atoms with Crippen molar-refractivity contribution in [3.8, 4) is 0 Å². The fraction of sp³-hybridized carbons (Fsp3) is 0.667. The average molecular weight is 443 g/mol. The summed E-state index contributed by atoms with van der Waals surface area (Å²) in [5, 5.41) is 3.17. The summed E-state index contributed by atoms with van der Waals surface area (Å²) in [6, 6.07) is 8.50. The molecule has 0 spiro atoms. The quantitative estimate of drug-likeness (QED) is 0.716. The largest absolute Gasteiger partial charge is 0.378 e. The predicted octanol–water partition coefficient (Wildman–Crippen LogP) is 0.504. The molecule has 3 atom stereocenters.